The summed E-state index contributed by atoms with van der Waals surface area (Å²) < 4.78 is 0. The van der Waals surface area contributed by atoms with Crippen LogP contribution in [0.1, 0.15) is 40.7 Å². The quantitative estimate of drug-likeness (QED) is 0.749. The molecule has 1 aliphatic rings. The van der Waals surface area contributed by atoms with E-state index in [1.807, 2.05) is 36.9 Å². The molecular weight excluding hydrogens is 246 g/mol. The van der Waals surface area contributed by atoms with Gasteiger partial charge in [-0.2, -0.15) is 0 Å². The molecular formula is C15H20ClNO. The van der Waals surface area contributed by atoms with Gasteiger partial charge in [-0.05, 0) is 50.3 Å². The molecule has 0 radical (unpaired) electrons. The van der Waals surface area contributed by atoms with Crippen LogP contribution in [0.15, 0.2) is 18.2 Å². The highest BCUT2D eigenvalue weighted by Gasteiger charge is 2.27. The molecule has 18 heavy (non-hydrogen) atoms. The number of rotatable bonds is 2. The fourth-order valence-corrected chi connectivity index (χ4v) is 2.89. The minimum Gasteiger partial charge on any atom is -0.334 e. The minimum atomic E-state index is 0.140. The first kappa shape index (κ1) is 13.4. The molecule has 1 heterocycles. The lowest BCUT2D eigenvalue weighted by atomic mass is 9.98. The minimum absolute atomic E-state index is 0.140. The Labute approximate surface area is 114 Å². The van der Waals surface area contributed by atoms with Crippen LogP contribution < -0.4 is 0 Å². The van der Waals surface area contributed by atoms with E-state index in [4.69, 9.17) is 11.6 Å². The zero-order valence-electron chi connectivity index (χ0n) is 11.1. The number of halogens is 1. The molecule has 0 N–H and O–H groups in total. The number of nitrogens with zero attached hydrogens (tertiary/aromatic N) is 1. The largest absolute Gasteiger partial charge is 0.334 e. The highest BCUT2D eigenvalue weighted by Crippen LogP contribution is 2.22. The summed E-state index contributed by atoms with van der Waals surface area (Å²) in [5.74, 6) is 0.679. The molecule has 0 spiro atoms. The molecule has 1 aromatic carbocycles. The Kier molecular flexibility index (Phi) is 4.28. The van der Waals surface area contributed by atoms with Gasteiger partial charge >= 0.3 is 0 Å². The van der Waals surface area contributed by atoms with Crippen LogP contribution >= 0.6 is 11.6 Å². The van der Waals surface area contributed by atoms with Crippen molar-refractivity contribution < 1.29 is 4.79 Å². The van der Waals surface area contributed by atoms with E-state index in [9.17, 15) is 4.79 Å². The molecule has 1 aliphatic heterocycles. The maximum absolute atomic E-state index is 12.6. The molecule has 2 nitrogen and oxygen atoms in total. The lowest BCUT2D eigenvalue weighted by molar-refractivity contribution is 0.0638. The first-order valence-electron chi connectivity index (χ1n) is 6.58. The van der Waals surface area contributed by atoms with Crippen LogP contribution in [0.2, 0.25) is 0 Å². The number of amides is 1. The first-order valence-corrected chi connectivity index (χ1v) is 7.11. The molecule has 0 aromatic heterocycles. The van der Waals surface area contributed by atoms with Crippen molar-refractivity contribution in [3.8, 4) is 0 Å². The second kappa shape index (κ2) is 5.75. The number of hydrogen-bond acceptors (Lipinski definition) is 1. The molecule has 0 bridgehead atoms. The zero-order valence-corrected chi connectivity index (χ0v) is 11.8. The van der Waals surface area contributed by atoms with E-state index in [2.05, 4.69) is 0 Å². The summed E-state index contributed by atoms with van der Waals surface area (Å²) in [6.45, 7) is 4.90. The van der Waals surface area contributed by atoms with E-state index in [-0.39, 0.29) is 11.9 Å². The van der Waals surface area contributed by atoms with E-state index in [1.165, 1.54) is 12.0 Å². The number of carbonyl (C=O) groups excluding carboxylic acids is 1. The van der Waals surface area contributed by atoms with Crippen molar-refractivity contribution in [3.63, 3.8) is 0 Å². The van der Waals surface area contributed by atoms with Crippen LogP contribution in [0, 0.1) is 13.8 Å². The van der Waals surface area contributed by atoms with Gasteiger partial charge in [-0.3, -0.25) is 4.79 Å². The average Bonchev–Trinajstić information content (AvgIpc) is 2.41. The third kappa shape index (κ3) is 2.54. The van der Waals surface area contributed by atoms with Crippen LogP contribution in [0.5, 0.6) is 0 Å². The van der Waals surface area contributed by atoms with E-state index < -0.39 is 0 Å². The van der Waals surface area contributed by atoms with Gasteiger partial charge in [-0.15, -0.1) is 11.6 Å². The molecule has 1 atom stereocenters. The molecule has 1 fully saturated rings. The smallest absolute Gasteiger partial charge is 0.254 e. The van der Waals surface area contributed by atoms with Crippen molar-refractivity contribution in [2.24, 2.45) is 0 Å². The molecule has 0 aliphatic carbocycles. The maximum Gasteiger partial charge on any atom is 0.254 e. The number of hydrogen-bond donors (Lipinski definition) is 0. The zero-order chi connectivity index (χ0) is 13.1. The van der Waals surface area contributed by atoms with Crippen LogP contribution in [-0.4, -0.2) is 29.3 Å². The van der Waals surface area contributed by atoms with Crippen molar-refractivity contribution in [1.29, 1.82) is 0 Å². The molecule has 0 saturated carbocycles. The molecule has 1 saturated heterocycles. The van der Waals surface area contributed by atoms with Gasteiger partial charge in [0.15, 0.2) is 0 Å². The fourth-order valence-electron chi connectivity index (χ4n) is 2.57. The van der Waals surface area contributed by atoms with Gasteiger partial charge in [0.2, 0.25) is 0 Å². The normalized spacial score (nSPS) is 19.9. The van der Waals surface area contributed by atoms with E-state index in [0.717, 1.165) is 30.5 Å². The summed E-state index contributed by atoms with van der Waals surface area (Å²) in [6, 6.07) is 6.12. The van der Waals surface area contributed by atoms with Crippen molar-refractivity contribution in [1.82, 2.24) is 4.90 Å². The van der Waals surface area contributed by atoms with E-state index in [1.54, 1.807) is 0 Å². The first-order chi connectivity index (χ1) is 8.65. The maximum atomic E-state index is 12.6. The van der Waals surface area contributed by atoms with Gasteiger partial charge in [-0.1, -0.05) is 12.1 Å². The summed E-state index contributed by atoms with van der Waals surface area (Å²) >= 11 is 5.98. The Morgan fingerprint density at radius 3 is 2.89 bits per heavy atom. The van der Waals surface area contributed by atoms with Gasteiger partial charge in [0.1, 0.15) is 0 Å². The molecule has 2 rings (SSSR count). The van der Waals surface area contributed by atoms with Gasteiger partial charge in [0, 0.05) is 24.0 Å². The van der Waals surface area contributed by atoms with Gasteiger partial charge in [-0.25, -0.2) is 0 Å². The van der Waals surface area contributed by atoms with Gasteiger partial charge in [0.05, 0.1) is 0 Å². The van der Waals surface area contributed by atoms with Crippen molar-refractivity contribution >= 4 is 17.5 Å². The second-order valence-electron chi connectivity index (χ2n) is 5.05. The monoisotopic (exact) mass is 265 g/mol. The lowest BCUT2D eigenvalue weighted by Gasteiger charge is -2.35. The predicted molar refractivity (Wildman–Crippen MR) is 75.3 cm³/mol. The predicted octanol–water partition coefficient (Wildman–Crippen LogP) is 3.54. The number of carbonyl (C=O) groups is 1. The molecule has 98 valence electrons. The lowest BCUT2D eigenvalue weighted by Crippen LogP contribution is -2.45. The standard InChI is InChI=1S/C15H20ClNO/c1-11-6-5-8-14(12(11)2)15(18)17-9-4-3-7-13(17)10-16/h5-6,8,13H,3-4,7,9-10H2,1-2H3. The number of piperidine rings is 1. The van der Waals surface area contributed by atoms with Crippen molar-refractivity contribution in [2.45, 2.75) is 39.2 Å². The fraction of sp³-hybridized carbons (Fsp3) is 0.533. The highest BCUT2D eigenvalue weighted by molar-refractivity contribution is 6.18. The average molecular weight is 266 g/mol. The highest BCUT2D eigenvalue weighted by atomic mass is 35.5. The Hall–Kier alpha value is -1.02. The molecule has 1 unspecified atom stereocenters. The summed E-state index contributed by atoms with van der Waals surface area (Å²) in [5, 5.41) is 0. The third-order valence-electron chi connectivity index (χ3n) is 3.90. The summed E-state index contributed by atoms with van der Waals surface area (Å²) in [7, 11) is 0. The Morgan fingerprint density at radius 1 is 1.39 bits per heavy atom. The number of alkyl halides is 1. The van der Waals surface area contributed by atoms with Crippen LogP contribution in [0.3, 0.4) is 0 Å². The molecule has 1 amide bonds. The number of likely N-dealkylation sites (tertiary alicyclic amines) is 1. The van der Waals surface area contributed by atoms with Crippen LogP contribution in [0.25, 0.3) is 0 Å². The topological polar surface area (TPSA) is 20.3 Å². The Morgan fingerprint density at radius 2 is 2.17 bits per heavy atom. The Bertz CT molecular complexity index is 444. The van der Waals surface area contributed by atoms with Crippen LogP contribution in [-0.2, 0) is 0 Å². The van der Waals surface area contributed by atoms with E-state index >= 15 is 0 Å². The summed E-state index contributed by atoms with van der Waals surface area (Å²) in [6.07, 6.45) is 3.29. The van der Waals surface area contributed by atoms with Crippen LogP contribution in [0.4, 0.5) is 0 Å². The van der Waals surface area contributed by atoms with Gasteiger partial charge < -0.3 is 4.90 Å². The SMILES string of the molecule is Cc1cccc(C(=O)N2CCCCC2CCl)c1C. The number of benzene rings is 1. The summed E-state index contributed by atoms with van der Waals surface area (Å²) in [4.78, 5) is 14.6. The Balaban J connectivity index is 2.27. The van der Waals surface area contributed by atoms with Gasteiger partial charge in [0.25, 0.3) is 5.91 Å². The second-order valence-corrected chi connectivity index (χ2v) is 5.36. The third-order valence-corrected chi connectivity index (χ3v) is 4.26. The van der Waals surface area contributed by atoms with Crippen molar-refractivity contribution in [2.75, 3.05) is 12.4 Å². The van der Waals surface area contributed by atoms with E-state index in [0.29, 0.717) is 5.88 Å². The molecule has 3 heteroatoms. The van der Waals surface area contributed by atoms with Crippen molar-refractivity contribution in [3.05, 3.63) is 34.9 Å². The number of aryl methyl sites for hydroxylation is 1. The molecule has 1 aromatic rings. The summed E-state index contributed by atoms with van der Waals surface area (Å²) in [5.41, 5.74) is 3.08.